The van der Waals surface area contributed by atoms with Crippen LogP contribution in [0.5, 0.6) is 0 Å². The van der Waals surface area contributed by atoms with Crippen LogP contribution in [-0.2, 0) is 9.59 Å². The topological polar surface area (TPSA) is 116 Å². The molecular formula is C10H18N2O5. The molecule has 0 aliphatic rings. The molecule has 7 heteroatoms. The smallest absolute Gasteiger partial charge is 0.405 e. The van der Waals surface area contributed by atoms with Crippen LogP contribution in [0, 0.1) is 5.92 Å². The third-order valence-corrected chi connectivity index (χ3v) is 2.15. The van der Waals surface area contributed by atoms with Gasteiger partial charge in [-0.05, 0) is 5.92 Å². The normalized spacial score (nSPS) is 13.9. The zero-order valence-corrected chi connectivity index (χ0v) is 9.84. The molecule has 0 fully saturated rings. The number of nitrogens with one attached hydrogen (secondary N) is 2. The lowest BCUT2D eigenvalue weighted by atomic mass is 9.99. The lowest BCUT2D eigenvalue weighted by Crippen LogP contribution is -2.54. The average molecular weight is 246 g/mol. The third kappa shape index (κ3) is 5.86. The zero-order valence-electron chi connectivity index (χ0n) is 9.84. The fourth-order valence-corrected chi connectivity index (χ4v) is 1.19. The van der Waals surface area contributed by atoms with E-state index in [1.165, 1.54) is 0 Å². The van der Waals surface area contributed by atoms with Gasteiger partial charge in [0.2, 0.25) is 5.91 Å². The van der Waals surface area contributed by atoms with Crippen LogP contribution < -0.4 is 10.6 Å². The Morgan fingerprint density at radius 1 is 1.35 bits per heavy atom. The summed E-state index contributed by atoms with van der Waals surface area (Å²) in [5.41, 5.74) is 0. The number of carbonyl (C=O) groups is 3. The van der Waals surface area contributed by atoms with Crippen molar-refractivity contribution in [2.24, 2.45) is 5.92 Å². The van der Waals surface area contributed by atoms with E-state index >= 15 is 0 Å². The van der Waals surface area contributed by atoms with Crippen LogP contribution in [0.4, 0.5) is 4.79 Å². The van der Waals surface area contributed by atoms with E-state index in [0.717, 1.165) is 0 Å². The quantitative estimate of drug-likeness (QED) is 0.352. The molecule has 0 aliphatic carbocycles. The van der Waals surface area contributed by atoms with Gasteiger partial charge in [-0.2, -0.15) is 0 Å². The molecule has 0 radical (unpaired) electrons. The van der Waals surface area contributed by atoms with Gasteiger partial charge >= 0.3 is 6.09 Å². The molecule has 0 saturated heterocycles. The highest BCUT2D eigenvalue weighted by molar-refractivity contribution is 5.86. The number of hydrogen-bond donors (Lipinski definition) is 4. The maximum Gasteiger partial charge on any atom is 0.405 e. The fourth-order valence-electron chi connectivity index (χ4n) is 1.19. The molecule has 0 aromatic rings. The first-order valence-corrected chi connectivity index (χ1v) is 5.29. The Hall–Kier alpha value is -1.63. The molecule has 4 N–H and O–H groups in total. The molecule has 2 amide bonds. The molecule has 7 nitrogen and oxygen atoms in total. The van der Waals surface area contributed by atoms with Gasteiger partial charge in [0, 0.05) is 13.0 Å². The van der Waals surface area contributed by atoms with Crippen molar-refractivity contribution in [3.05, 3.63) is 0 Å². The van der Waals surface area contributed by atoms with Crippen molar-refractivity contribution < 1.29 is 24.6 Å². The van der Waals surface area contributed by atoms with Gasteiger partial charge in [0.1, 0.15) is 12.3 Å². The Kier molecular flexibility index (Phi) is 6.88. The van der Waals surface area contributed by atoms with Gasteiger partial charge in [0.25, 0.3) is 0 Å². The second-order valence-electron chi connectivity index (χ2n) is 3.91. The Balaban J connectivity index is 4.50. The summed E-state index contributed by atoms with van der Waals surface area (Å²) < 4.78 is 0. The van der Waals surface area contributed by atoms with Crippen LogP contribution in [-0.4, -0.2) is 47.2 Å². The standard InChI is InChI=1S/C10H18N2O5/c1-6(2)8(14)7(12-10(16)17)9(15)11-4-3-5-13/h5-8,12,14H,3-4H2,1-2H3,(H,11,15)(H,16,17). The van der Waals surface area contributed by atoms with Crippen LogP contribution in [0.15, 0.2) is 0 Å². The van der Waals surface area contributed by atoms with Crippen molar-refractivity contribution in [1.29, 1.82) is 0 Å². The van der Waals surface area contributed by atoms with Gasteiger partial charge < -0.3 is 25.6 Å². The summed E-state index contributed by atoms with van der Waals surface area (Å²) in [5, 5.41) is 22.6. The molecule has 98 valence electrons. The number of carbonyl (C=O) groups excluding carboxylic acids is 2. The number of aliphatic hydroxyl groups is 1. The summed E-state index contributed by atoms with van der Waals surface area (Å²) in [5.74, 6) is -0.917. The Labute approximate surface area is 99.2 Å². The first kappa shape index (κ1) is 15.4. The Bertz CT molecular complexity index is 280. The monoisotopic (exact) mass is 246 g/mol. The van der Waals surface area contributed by atoms with Gasteiger partial charge in [0.15, 0.2) is 0 Å². The van der Waals surface area contributed by atoms with Crippen molar-refractivity contribution in [3.63, 3.8) is 0 Å². The minimum absolute atomic E-state index is 0.116. The predicted octanol–water partition coefficient (Wildman–Crippen LogP) is -0.655. The molecule has 0 heterocycles. The second kappa shape index (κ2) is 7.61. The first-order chi connectivity index (χ1) is 7.90. The molecule has 0 saturated carbocycles. The molecule has 2 atom stereocenters. The number of aliphatic hydroxyl groups excluding tert-OH is 1. The van der Waals surface area contributed by atoms with Crippen LogP contribution >= 0.6 is 0 Å². The van der Waals surface area contributed by atoms with Crippen molar-refractivity contribution in [2.45, 2.75) is 32.4 Å². The van der Waals surface area contributed by atoms with Gasteiger partial charge in [0.05, 0.1) is 6.10 Å². The first-order valence-electron chi connectivity index (χ1n) is 5.29. The van der Waals surface area contributed by atoms with E-state index in [2.05, 4.69) is 5.32 Å². The van der Waals surface area contributed by atoms with E-state index in [-0.39, 0.29) is 18.9 Å². The SMILES string of the molecule is CC(C)C(O)C(NC(=O)O)C(=O)NCCC=O. The van der Waals surface area contributed by atoms with Crippen LogP contribution in [0.25, 0.3) is 0 Å². The van der Waals surface area contributed by atoms with Crippen LogP contribution in [0.3, 0.4) is 0 Å². The number of hydrogen-bond acceptors (Lipinski definition) is 4. The van der Waals surface area contributed by atoms with Gasteiger partial charge in [-0.1, -0.05) is 13.8 Å². The summed E-state index contributed by atoms with van der Waals surface area (Å²) in [4.78, 5) is 32.2. The van der Waals surface area contributed by atoms with Crippen molar-refractivity contribution in [3.8, 4) is 0 Å². The highest BCUT2D eigenvalue weighted by Crippen LogP contribution is 2.06. The van der Waals surface area contributed by atoms with Gasteiger partial charge in [-0.3, -0.25) is 4.79 Å². The molecule has 0 bridgehead atoms. The lowest BCUT2D eigenvalue weighted by Gasteiger charge is -2.24. The second-order valence-corrected chi connectivity index (χ2v) is 3.91. The van der Waals surface area contributed by atoms with E-state index < -0.39 is 24.1 Å². The Morgan fingerprint density at radius 3 is 2.35 bits per heavy atom. The largest absolute Gasteiger partial charge is 0.465 e. The molecule has 0 aliphatic heterocycles. The maximum absolute atomic E-state index is 11.6. The molecule has 0 aromatic carbocycles. The zero-order chi connectivity index (χ0) is 13.4. The van der Waals surface area contributed by atoms with Crippen LogP contribution in [0.1, 0.15) is 20.3 Å². The average Bonchev–Trinajstić information content (AvgIpc) is 2.24. The molecule has 17 heavy (non-hydrogen) atoms. The third-order valence-electron chi connectivity index (χ3n) is 2.15. The molecule has 0 spiro atoms. The molecular weight excluding hydrogens is 228 g/mol. The number of rotatable bonds is 7. The number of amides is 2. The molecule has 2 unspecified atom stereocenters. The highest BCUT2D eigenvalue weighted by Gasteiger charge is 2.30. The van der Waals surface area contributed by atoms with E-state index in [4.69, 9.17) is 5.11 Å². The van der Waals surface area contributed by atoms with E-state index in [9.17, 15) is 19.5 Å². The van der Waals surface area contributed by atoms with Crippen molar-refractivity contribution in [2.75, 3.05) is 6.54 Å². The van der Waals surface area contributed by atoms with E-state index in [1.807, 2.05) is 5.32 Å². The van der Waals surface area contributed by atoms with Crippen LogP contribution in [0.2, 0.25) is 0 Å². The van der Waals surface area contributed by atoms with Crippen molar-refractivity contribution in [1.82, 2.24) is 10.6 Å². The Morgan fingerprint density at radius 2 is 1.94 bits per heavy atom. The van der Waals surface area contributed by atoms with Crippen molar-refractivity contribution >= 4 is 18.3 Å². The summed E-state index contributed by atoms with van der Waals surface area (Å²) >= 11 is 0. The minimum Gasteiger partial charge on any atom is -0.465 e. The molecule has 0 aromatic heterocycles. The van der Waals surface area contributed by atoms with Gasteiger partial charge in [-0.15, -0.1) is 0 Å². The summed E-state index contributed by atoms with van der Waals surface area (Å²) in [6.45, 7) is 3.45. The lowest BCUT2D eigenvalue weighted by molar-refractivity contribution is -0.126. The number of aldehydes is 1. The number of carboxylic acid groups (broad SMARTS) is 1. The maximum atomic E-state index is 11.6. The fraction of sp³-hybridized carbons (Fsp3) is 0.700. The summed E-state index contributed by atoms with van der Waals surface area (Å²) in [7, 11) is 0. The highest BCUT2D eigenvalue weighted by atomic mass is 16.4. The van der Waals surface area contributed by atoms with E-state index in [0.29, 0.717) is 6.29 Å². The predicted molar refractivity (Wildman–Crippen MR) is 59.5 cm³/mol. The molecule has 0 rings (SSSR count). The summed E-state index contributed by atoms with van der Waals surface area (Å²) in [6.07, 6.45) is -1.73. The van der Waals surface area contributed by atoms with E-state index in [1.54, 1.807) is 13.8 Å². The summed E-state index contributed by atoms with van der Waals surface area (Å²) in [6, 6.07) is -1.24. The van der Waals surface area contributed by atoms with Gasteiger partial charge in [-0.25, -0.2) is 4.79 Å². The minimum atomic E-state index is -1.39.